The summed E-state index contributed by atoms with van der Waals surface area (Å²) in [6.45, 7) is 6.43. The minimum Gasteiger partial charge on any atom is -0.493 e. The molecule has 1 atom stereocenters. The first-order chi connectivity index (χ1) is 14.4. The molecule has 0 radical (unpaired) electrons. The summed E-state index contributed by atoms with van der Waals surface area (Å²) in [6, 6.07) is 5.38. The third-order valence-electron chi connectivity index (χ3n) is 4.68. The molecule has 1 unspecified atom stereocenters. The van der Waals surface area contributed by atoms with E-state index in [4.69, 9.17) is 18.9 Å². The van der Waals surface area contributed by atoms with Crippen molar-refractivity contribution in [2.75, 3.05) is 27.9 Å². The predicted molar refractivity (Wildman–Crippen MR) is 116 cm³/mol. The number of cyclic esters (lactones) is 1. The van der Waals surface area contributed by atoms with Gasteiger partial charge in [0.05, 0.1) is 27.4 Å². The van der Waals surface area contributed by atoms with E-state index < -0.39 is 6.09 Å². The zero-order valence-corrected chi connectivity index (χ0v) is 19.0. The van der Waals surface area contributed by atoms with E-state index in [2.05, 4.69) is 13.0 Å². The fraction of sp³-hybridized carbons (Fsp3) is 0.565. The molecule has 0 saturated carbocycles. The molecule has 0 spiro atoms. The normalized spacial score (nSPS) is 15.6. The Balaban J connectivity index is 0.000000325. The molecule has 2 amide bonds. The smallest absolute Gasteiger partial charge is 0.416 e. The highest BCUT2D eigenvalue weighted by atomic mass is 16.6. The van der Waals surface area contributed by atoms with E-state index >= 15 is 0 Å². The molecule has 0 bridgehead atoms. The van der Waals surface area contributed by atoms with Crippen LogP contribution in [0.1, 0.15) is 46.5 Å². The lowest BCUT2D eigenvalue weighted by atomic mass is 10.0. The van der Waals surface area contributed by atoms with Crippen LogP contribution < -0.4 is 14.2 Å². The fourth-order valence-corrected chi connectivity index (χ4v) is 2.96. The highest BCUT2D eigenvalue weighted by Crippen LogP contribution is 2.36. The maximum Gasteiger partial charge on any atom is 0.416 e. The van der Waals surface area contributed by atoms with Gasteiger partial charge in [-0.25, -0.2) is 9.69 Å². The first kappa shape index (κ1) is 25.3. The van der Waals surface area contributed by atoms with Crippen LogP contribution in [0.15, 0.2) is 30.4 Å². The molecular weight excluding hydrogens is 386 g/mol. The van der Waals surface area contributed by atoms with Gasteiger partial charge in [-0.15, -0.1) is 0 Å². The maximum atomic E-state index is 12.0. The largest absolute Gasteiger partial charge is 0.493 e. The van der Waals surface area contributed by atoms with E-state index in [1.54, 1.807) is 21.3 Å². The number of benzene rings is 1. The summed E-state index contributed by atoms with van der Waals surface area (Å²) < 4.78 is 20.2. The molecule has 1 fully saturated rings. The van der Waals surface area contributed by atoms with E-state index in [-0.39, 0.29) is 17.9 Å². The molecule has 0 aliphatic carbocycles. The Kier molecular flexibility index (Phi) is 11.4. The van der Waals surface area contributed by atoms with Gasteiger partial charge in [0.1, 0.15) is 6.61 Å². The van der Waals surface area contributed by atoms with E-state index in [1.807, 2.05) is 38.1 Å². The number of unbranched alkanes of at least 4 members (excludes halogenated alkanes) is 1. The van der Waals surface area contributed by atoms with Crippen LogP contribution >= 0.6 is 0 Å². The zero-order chi connectivity index (χ0) is 22.5. The van der Waals surface area contributed by atoms with Crippen LogP contribution in [0.3, 0.4) is 0 Å². The van der Waals surface area contributed by atoms with E-state index in [0.717, 1.165) is 12.8 Å². The molecule has 1 saturated heterocycles. The number of amides is 2. The van der Waals surface area contributed by atoms with Crippen LogP contribution in [-0.4, -0.2) is 50.9 Å². The standard InChI is InChI=1S/C14H23NO3.C9H12O3/c1-4-5-6-7-8-9-13(16)15-12(11(2)3)10-18-14(15)17;1-10-7-5-4-6-8(11-2)9(7)12-3/h6-7,11-12H,4-5,8-10H2,1-3H3;4-6H,1-3H3/b7-6-;. The van der Waals surface area contributed by atoms with Gasteiger partial charge in [-0.1, -0.05) is 45.4 Å². The molecule has 1 aromatic rings. The van der Waals surface area contributed by atoms with E-state index in [1.165, 1.54) is 4.90 Å². The van der Waals surface area contributed by atoms with Gasteiger partial charge in [0, 0.05) is 6.42 Å². The minimum atomic E-state index is -0.490. The average Bonchev–Trinajstić information content (AvgIpc) is 3.15. The Bertz CT molecular complexity index is 679. The van der Waals surface area contributed by atoms with Gasteiger partial charge < -0.3 is 18.9 Å². The van der Waals surface area contributed by atoms with Crippen molar-refractivity contribution >= 4 is 12.0 Å². The SMILES string of the molecule is CCC/C=C\CCC(=O)N1C(=O)OCC1C(C)C.COc1cccc(OC)c1OC. The van der Waals surface area contributed by atoms with Crippen molar-refractivity contribution in [1.29, 1.82) is 0 Å². The summed E-state index contributed by atoms with van der Waals surface area (Å²) in [7, 11) is 4.77. The Hall–Kier alpha value is -2.70. The van der Waals surface area contributed by atoms with Gasteiger partial charge >= 0.3 is 6.09 Å². The summed E-state index contributed by atoms with van der Waals surface area (Å²) in [6.07, 6.45) is 6.80. The number of rotatable bonds is 9. The molecule has 0 N–H and O–H groups in total. The van der Waals surface area contributed by atoms with E-state index in [9.17, 15) is 9.59 Å². The number of nitrogens with zero attached hydrogens (tertiary/aromatic N) is 1. The first-order valence-corrected chi connectivity index (χ1v) is 10.3. The number of carbonyl (C=O) groups is 2. The van der Waals surface area contributed by atoms with Crippen LogP contribution in [0.25, 0.3) is 0 Å². The molecule has 2 rings (SSSR count). The van der Waals surface area contributed by atoms with Crippen molar-refractivity contribution in [3.8, 4) is 17.2 Å². The van der Waals surface area contributed by atoms with Crippen molar-refractivity contribution in [2.45, 2.75) is 52.5 Å². The lowest BCUT2D eigenvalue weighted by Gasteiger charge is -2.22. The van der Waals surface area contributed by atoms with Crippen LogP contribution in [0.5, 0.6) is 17.2 Å². The van der Waals surface area contributed by atoms with Crippen LogP contribution in [0, 0.1) is 5.92 Å². The van der Waals surface area contributed by atoms with Gasteiger partial charge in [0.25, 0.3) is 0 Å². The summed E-state index contributed by atoms with van der Waals surface area (Å²) in [5.74, 6) is 2.09. The number of para-hydroxylation sites is 1. The minimum absolute atomic E-state index is 0.107. The van der Waals surface area contributed by atoms with Crippen LogP contribution in [-0.2, 0) is 9.53 Å². The second-order valence-electron chi connectivity index (χ2n) is 7.15. The van der Waals surface area contributed by atoms with E-state index in [0.29, 0.717) is 36.7 Å². The molecule has 0 aromatic heterocycles. The van der Waals surface area contributed by atoms with Gasteiger partial charge in [-0.05, 0) is 30.9 Å². The molecule has 7 nitrogen and oxygen atoms in total. The number of imide groups is 1. The molecule has 1 heterocycles. The zero-order valence-electron chi connectivity index (χ0n) is 19.0. The molecule has 1 aliphatic heterocycles. The van der Waals surface area contributed by atoms with Gasteiger partial charge in [-0.3, -0.25) is 4.79 Å². The fourth-order valence-electron chi connectivity index (χ4n) is 2.96. The predicted octanol–water partition coefficient (Wildman–Crippen LogP) is 4.84. The third-order valence-corrected chi connectivity index (χ3v) is 4.68. The Morgan fingerprint density at radius 2 is 1.73 bits per heavy atom. The van der Waals surface area contributed by atoms with Crippen molar-refractivity contribution in [3.05, 3.63) is 30.4 Å². The van der Waals surface area contributed by atoms with Gasteiger partial charge in [-0.2, -0.15) is 0 Å². The second-order valence-corrected chi connectivity index (χ2v) is 7.15. The van der Waals surface area contributed by atoms with Crippen LogP contribution in [0.2, 0.25) is 0 Å². The number of methoxy groups -OCH3 is 3. The van der Waals surface area contributed by atoms with Crippen molar-refractivity contribution in [3.63, 3.8) is 0 Å². The molecule has 1 aliphatic rings. The lowest BCUT2D eigenvalue weighted by Crippen LogP contribution is -2.41. The highest BCUT2D eigenvalue weighted by Gasteiger charge is 2.38. The number of ether oxygens (including phenoxy) is 4. The number of carbonyl (C=O) groups excluding carboxylic acids is 2. The van der Waals surface area contributed by atoms with Gasteiger partial charge in [0.2, 0.25) is 11.7 Å². The quantitative estimate of drug-likeness (QED) is 0.531. The monoisotopic (exact) mass is 421 g/mol. The van der Waals surface area contributed by atoms with Crippen molar-refractivity contribution in [2.24, 2.45) is 5.92 Å². The third kappa shape index (κ3) is 7.28. The number of hydrogen-bond acceptors (Lipinski definition) is 6. The first-order valence-electron chi connectivity index (χ1n) is 10.3. The Morgan fingerprint density at radius 3 is 2.23 bits per heavy atom. The summed E-state index contributed by atoms with van der Waals surface area (Å²) in [5.41, 5.74) is 0. The summed E-state index contributed by atoms with van der Waals surface area (Å²) in [4.78, 5) is 24.8. The number of hydrogen-bond donors (Lipinski definition) is 0. The maximum absolute atomic E-state index is 12.0. The molecule has 30 heavy (non-hydrogen) atoms. The van der Waals surface area contributed by atoms with Crippen molar-refractivity contribution < 1.29 is 28.5 Å². The molecule has 7 heteroatoms. The lowest BCUT2D eigenvalue weighted by molar-refractivity contribution is -0.129. The van der Waals surface area contributed by atoms with Crippen LogP contribution in [0.4, 0.5) is 4.79 Å². The Labute approximate surface area is 179 Å². The molecule has 1 aromatic carbocycles. The highest BCUT2D eigenvalue weighted by molar-refractivity contribution is 5.93. The Morgan fingerprint density at radius 1 is 1.13 bits per heavy atom. The second kappa shape index (κ2) is 13.5. The molecular formula is C23H35NO6. The molecule has 168 valence electrons. The van der Waals surface area contributed by atoms with Crippen molar-refractivity contribution in [1.82, 2.24) is 4.90 Å². The summed E-state index contributed by atoms with van der Waals surface area (Å²) in [5, 5.41) is 0. The summed E-state index contributed by atoms with van der Waals surface area (Å²) >= 11 is 0. The average molecular weight is 422 g/mol. The number of allylic oxidation sites excluding steroid dienone is 2. The topological polar surface area (TPSA) is 74.3 Å². The van der Waals surface area contributed by atoms with Gasteiger partial charge in [0.15, 0.2) is 11.5 Å².